The predicted octanol–water partition coefficient (Wildman–Crippen LogP) is 0.439. The molecule has 2 amide bonds. The summed E-state index contributed by atoms with van der Waals surface area (Å²) in [5.74, 6) is -0.165. The summed E-state index contributed by atoms with van der Waals surface area (Å²) >= 11 is 0. The first-order valence-corrected chi connectivity index (χ1v) is 6.18. The summed E-state index contributed by atoms with van der Waals surface area (Å²) in [7, 11) is 0. The molecule has 1 aliphatic heterocycles. The van der Waals surface area contributed by atoms with E-state index < -0.39 is 0 Å². The van der Waals surface area contributed by atoms with Gasteiger partial charge in [0.05, 0.1) is 12.5 Å². The van der Waals surface area contributed by atoms with Crippen LogP contribution < -0.4 is 16.0 Å². The van der Waals surface area contributed by atoms with Gasteiger partial charge in [-0.25, -0.2) is 0 Å². The second-order valence-corrected chi connectivity index (χ2v) is 5.56. The maximum atomic E-state index is 11.7. The molecule has 1 unspecified atom stereocenters. The normalized spacial score (nSPS) is 19.6. The Kier molecular flexibility index (Phi) is 7.25. The van der Waals surface area contributed by atoms with Crippen molar-refractivity contribution in [1.82, 2.24) is 16.0 Å². The zero-order valence-corrected chi connectivity index (χ0v) is 12.2. The predicted molar refractivity (Wildman–Crippen MR) is 73.7 cm³/mol. The van der Waals surface area contributed by atoms with E-state index in [-0.39, 0.29) is 42.2 Å². The molecule has 1 aliphatic rings. The van der Waals surface area contributed by atoms with Crippen molar-refractivity contribution in [2.45, 2.75) is 39.2 Å². The van der Waals surface area contributed by atoms with Crippen molar-refractivity contribution in [3.8, 4) is 0 Å². The number of halogens is 1. The molecule has 1 saturated heterocycles. The van der Waals surface area contributed by atoms with Crippen molar-refractivity contribution in [3.05, 3.63) is 0 Å². The van der Waals surface area contributed by atoms with Crippen LogP contribution in [-0.2, 0) is 9.59 Å². The van der Waals surface area contributed by atoms with Gasteiger partial charge in [-0.15, -0.1) is 12.4 Å². The summed E-state index contributed by atoms with van der Waals surface area (Å²) in [4.78, 5) is 23.2. The molecule has 6 heteroatoms. The Hall–Kier alpha value is -0.810. The van der Waals surface area contributed by atoms with Crippen molar-refractivity contribution in [3.63, 3.8) is 0 Å². The van der Waals surface area contributed by atoms with E-state index >= 15 is 0 Å². The highest BCUT2D eigenvalue weighted by molar-refractivity contribution is 5.86. The maximum absolute atomic E-state index is 11.7. The Balaban J connectivity index is 0.00000289. The lowest BCUT2D eigenvalue weighted by Crippen LogP contribution is -2.48. The molecule has 1 heterocycles. The zero-order valence-electron chi connectivity index (χ0n) is 11.3. The highest BCUT2D eigenvalue weighted by atomic mass is 35.5. The summed E-state index contributed by atoms with van der Waals surface area (Å²) in [5.41, 5.74) is -0.256. The van der Waals surface area contributed by atoms with Crippen LogP contribution in [0.25, 0.3) is 0 Å². The first-order chi connectivity index (χ1) is 7.88. The van der Waals surface area contributed by atoms with Crippen LogP contribution >= 0.6 is 12.4 Å². The average Bonchev–Trinajstić information content (AvgIpc) is 2.25. The molecular weight excluding hydrogens is 254 g/mol. The molecule has 5 nitrogen and oxygen atoms in total. The van der Waals surface area contributed by atoms with Gasteiger partial charge >= 0.3 is 0 Å². The summed E-state index contributed by atoms with van der Waals surface area (Å²) in [6, 6.07) is 0. The topological polar surface area (TPSA) is 70.2 Å². The molecule has 3 N–H and O–H groups in total. The Bertz CT molecular complexity index is 284. The van der Waals surface area contributed by atoms with Crippen molar-refractivity contribution in [2.24, 2.45) is 5.92 Å². The SMILES string of the molecule is CC(C)(C)NC(=O)CNC(=O)C1CCCNC1.Cl. The average molecular weight is 278 g/mol. The first-order valence-electron chi connectivity index (χ1n) is 6.18. The van der Waals surface area contributed by atoms with E-state index in [9.17, 15) is 9.59 Å². The van der Waals surface area contributed by atoms with Gasteiger partial charge in [-0.1, -0.05) is 0 Å². The van der Waals surface area contributed by atoms with Crippen LogP contribution in [0.3, 0.4) is 0 Å². The highest BCUT2D eigenvalue weighted by Gasteiger charge is 2.21. The number of nitrogens with one attached hydrogen (secondary N) is 3. The fraction of sp³-hybridized carbons (Fsp3) is 0.833. The van der Waals surface area contributed by atoms with Gasteiger partial charge in [0.15, 0.2) is 0 Å². The smallest absolute Gasteiger partial charge is 0.239 e. The third-order valence-electron chi connectivity index (χ3n) is 2.61. The van der Waals surface area contributed by atoms with Crippen molar-refractivity contribution >= 4 is 24.2 Å². The molecule has 106 valence electrons. The summed E-state index contributed by atoms with van der Waals surface area (Å²) in [6.07, 6.45) is 1.92. The number of piperidine rings is 1. The number of amides is 2. The number of hydrogen-bond acceptors (Lipinski definition) is 3. The van der Waals surface area contributed by atoms with Crippen LogP contribution in [-0.4, -0.2) is 37.0 Å². The van der Waals surface area contributed by atoms with Gasteiger partial charge in [0.25, 0.3) is 0 Å². The van der Waals surface area contributed by atoms with Crippen LogP contribution in [0.15, 0.2) is 0 Å². The number of carbonyl (C=O) groups excluding carboxylic acids is 2. The monoisotopic (exact) mass is 277 g/mol. The zero-order chi connectivity index (χ0) is 12.9. The fourth-order valence-electron chi connectivity index (χ4n) is 1.85. The minimum Gasteiger partial charge on any atom is -0.350 e. The second kappa shape index (κ2) is 7.59. The molecule has 0 spiro atoms. The van der Waals surface area contributed by atoms with Crippen molar-refractivity contribution in [2.75, 3.05) is 19.6 Å². The van der Waals surface area contributed by atoms with Crippen LogP contribution in [0.2, 0.25) is 0 Å². The Labute approximate surface area is 115 Å². The number of rotatable bonds is 3. The molecule has 1 rings (SSSR count). The van der Waals surface area contributed by atoms with Crippen LogP contribution in [0.4, 0.5) is 0 Å². The van der Waals surface area contributed by atoms with E-state index in [1.165, 1.54) is 0 Å². The van der Waals surface area contributed by atoms with E-state index in [4.69, 9.17) is 0 Å². The Morgan fingerprint density at radius 2 is 2.00 bits per heavy atom. The Morgan fingerprint density at radius 1 is 1.33 bits per heavy atom. The molecule has 0 bridgehead atoms. The fourth-order valence-corrected chi connectivity index (χ4v) is 1.85. The lowest BCUT2D eigenvalue weighted by molar-refractivity contribution is -0.129. The summed E-state index contributed by atoms with van der Waals surface area (Å²) in [5, 5.41) is 8.67. The molecular formula is C12H24ClN3O2. The molecule has 0 radical (unpaired) electrons. The summed E-state index contributed by atoms with van der Waals surface area (Å²) < 4.78 is 0. The molecule has 1 fully saturated rings. The van der Waals surface area contributed by atoms with Gasteiger partial charge in [-0.05, 0) is 40.2 Å². The lowest BCUT2D eigenvalue weighted by atomic mass is 9.99. The molecule has 0 saturated carbocycles. The molecule has 0 aromatic carbocycles. The molecule has 0 aromatic rings. The lowest BCUT2D eigenvalue weighted by Gasteiger charge is -2.23. The molecule has 18 heavy (non-hydrogen) atoms. The molecule has 1 atom stereocenters. The third-order valence-corrected chi connectivity index (χ3v) is 2.61. The van der Waals surface area contributed by atoms with E-state index in [2.05, 4.69) is 16.0 Å². The van der Waals surface area contributed by atoms with Crippen LogP contribution in [0.5, 0.6) is 0 Å². The van der Waals surface area contributed by atoms with E-state index in [0.29, 0.717) is 6.54 Å². The van der Waals surface area contributed by atoms with Gasteiger partial charge < -0.3 is 16.0 Å². The second-order valence-electron chi connectivity index (χ2n) is 5.56. The number of carbonyl (C=O) groups is 2. The van der Waals surface area contributed by atoms with Crippen molar-refractivity contribution < 1.29 is 9.59 Å². The summed E-state index contributed by atoms with van der Waals surface area (Å²) in [6.45, 7) is 7.50. The molecule has 0 aromatic heterocycles. The molecule has 0 aliphatic carbocycles. The number of hydrogen-bond donors (Lipinski definition) is 3. The standard InChI is InChI=1S/C12H23N3O2.ClH/c1-12(2,3)15-10(16)8-14-11(17)9-5-4-6-13-7-9;/h9,13H,4-8H2,1-3H3,(H,14,17)(H,15,16);1H. The first kappa shape index (κ1) is 17.2. The van der Waals surface area contributed by atoms with E-state index in [1.807, 2.05) is 20.8 Å². The van der Waals surface area contributed by atoms with E-state index in [0.717, 1.165) is 19.4 Å². The van der Waals surface area contributed by atoms with Gasteiger partial charge in [-0.2, -0.15) is 0 Å². The largest absolute Gasteiger partial charge is 0.350 e. The van der Waals surface area contributed by atoms with Gasteiger partial charge in [-0.3, -0.25) is 9.59 Å². The quantitative estimate of drug-likeness (QED) is 0.701. The third kappa shape index (κ3) is 6.81. The Morgan fingerprint density at radius 3 is 2.50 bits per heavy atom. The van der Waals surface area contributed by atoms with Gasteiger partial charge in [0.1, 0.15) is 0 Å². The van der Waals surface area contributed by atoms with Crippen molar-refractivity contribution in [1.29, 1.82) is 0 Å². The van der Waals surface area contributed by atoms with E-state index in [1.54, 1.807) is 0 Å². The minimum atomic E-state index is -0.256. The van der Waals surface area contributed by atoms with Gasteiger partial charge in [0, 0.05) is 12.1 Å². The maximum Gasteiger partial charge on any atom is 0.239 e. The minimum absolute atomic E-state index is 0. The highest BCUT2D eigenvalue weighted by Crippen LogP contribution is 2.09. The van der Waals surface area contributed by atoms with Gasteiger partial charge in [0.2, 0.25) is 11.8 Å². The van der Waals surface area contributed by atoms with Crippen LogP contribution in [0.1, 0.15) is 33.6 Å². The van der Waals surface area contributed by atoms with Crippen LogP contribution in [0, 0.1) is 5.92 Å².